The summed E-state index contributed by atoms with van der Waals surface area (Å²) in [6, 6.07) is 16.2. The summed E-state index contributed by atoms with van der Waals surface area (Å²) in [5.74, 6) is -1.06. The van der Waals surface area contributed by atoms with Crippen molar-refractivity contribution in [2.24, 2.45) is 0 Å². The predicted molar refractivity (Wildman–Crippen MR) is 108 cm³/mol. The molecule has 0 saturated heterocycles. The Morgan fingerprint density at radius 1 is 0.964 bits per heavy atom. The van der Waals surface area contributed by atoms with Crippen molar-refractivity contribution < 1.29 is 19.4 Å². The van der Waals surface area contributed by atoms with Gasteiger partial charge in [0.1, 0.15) is 12.1 Å². The lowest BCUT2D eigenvalue weighted by molar-refractivity contribution is -0.145. The van der Waals surface area contributed by atoms with Crippen LogP contribution in [0.2, 0.25) is 0 Å². The lowest BCUT2D eigenvalue weighted by atomic mass is 9.89. The first-order chi connectivity index (χ1) is 13.5. The Balaban J connectivity index is 1.75. The Morgan fingerprint density at radius 2 is 1.46 bits per heavy atom. The molecule has 2 N–H and O–H groups in total. The maximum absolute atomic E-state index is 12.5. The van der Waals surface area contributed by atoms with Gasteiger partial charge in [-0.1, -0.05) is 75.2 Å². The number of carbonyl (C=O) groups excluding carboxylic acids is 1. The Morgan fingerprint density at radius 3 is 1.93 bits per heavy atom. The van der Waals surface area contributed by atoms with Gasteiger partial charge in [0, 0.05) is 5.92 Å². The number of carbonyl (C=O) groups is 2. The van der Waals surface area contributed by atoms with E-state index in [-0.39, 0.29) is 12.5 Å². The van der Waals surface area contributed by atoms with Crippen LogP contribution in [0.15, 0.2) is 48.5 Å². The molecule has 0 spiro atoms. The molecule has 0 unspecified atom stereocenters. The van der Waals surface area contributed by atoms with Crippen LogP contribution in [0.4, 0.5) is 4.79 Å². The zero-order valence-corrected chi connectivity index (χ0v) is 16.4. The van der Waals surface area contributed by atoms with Gasteiger partial charge in [-0.2, -0.15) is 0 Å². The minimum Gasteiger partial charge on any atom is -0.480 e. The van der Waals surface area contributed by atoms with Crippen LogP contribution in [0, 0.1) is 0 Å². The van der Waals surface area contributed by atoms with Gasteiger partial charge in [0.15, 0.2) is 0 Å². The zero-order valence-electron chi connectivity index (χ0n) is 16.4. The molecule has 0 heterocycles. The van der Waals surface area contributed by atoms with Crippen molar-refractivity contribution in [3.05, 3.63) is 59.7 Å². The molecule has 148 valence electrons. The van der Waals surface area contributed by atoms with E-state index in [4.69, 9.17) is 4.74 Å². The third kappa shape index (κ3) is 3.75. The highest BCUT2D eigenvalue weighted by Crippen LogP contribution is 2.44. The average Bonchev–Trinajstić information content (AvgIpc) is 3.00. The molecule has 0 saturated carbocycles. The fourth-order valence-corrected chi connectivity index (χ4v) is 4.20. The van der Waals surface area contributed by atoms with E-state index in [1.807, 2.05) is 38.1 Å². The molecule has 1 amide bonds. The Kier molecular flexibility index (Phi) is 6.02. The summed E-state index contributed by atoms with van der Waals surface area (Å²) in [6.07, 6.45) is 1.40. The molecule has 5 nitrogen and oxygen atoms in total. The number of fused-ring (bicyclic) bond motifs is 3. The smallest absolute Gasteiger partial charge is 0.408 e. The monoisotopic (exact) mass is 381 g/mol. The van der Waals surface area contributed by atoms with E-state index in [0.29, 0.717) is 25.7 Å². The largest absolute Gasteiger partial charge is 0.480 e. The van der Waals surface area contributed by atoms with Gasteiger partial charge in [-0.05, 0) is 35.1 Å². The van der Waals surface area contributed by atoms with Gasteiger partial charge < -0.3 is 15.2 Å². The van der Waals surface area contributed by atoms with E-state index in [1.165, 1.54) is 0 Å². The summed E-state index contributed by atoms with van der Waals surface area (Å²) in [7, 11) is 0. The first-order valence-corrected chi connectivity index (χ1v) is 9.89. The predicted octanol–water partition coefficient (Wildman–Crippen LogP) is 4.95. The number of benzene rings is 2. The molecule has 1 aliphatic rings. The SMILES string of the molecule is CCCC(CCC)(NC(=O)OCC1c2ccccc2-c2ccccc21)C(=O)O. The van der Waals surface area contributed by atoms with Gasteiger partial charge in [0.2, 0.25) is 0 Å². The first-order valence-electron chi connectivity index (χ1n) is 9.89. The first kappa shape index (κ1) is 19.9. The minimum atomic E-state index is -1.27. The molecule has 28 heavy (non-hydrogen) atoms. The molecule has 5 heteroatoms. The molecule has 3 rings (SSSR count). The lowest BCUT2D eigenvalue weighted by Gasteiger charge is -2.29. The number of alkyl carbamates (subject to hydrolysis) is 1. The van der Waals surface area contributed by atoms with Gasteiger partial charge in [-0.3, -0.25) is 0 Å². The molecular weight excluding hydrogens is 354 g/mol. The van der Waals surface area contributed by atoms with E-state index in [9.17, 15) is 14.7 Å². The highest BCUT2D eigenvalue weighted by atomic mass is 16.5. The molecule has 0 aromatic heterocycles. The number of hydrogen-bond donors (Lipinski definition) is 2. The number of amides is 1. The molecule has 2 aromatic carbocycles. The molecule has 0 radical (unpaired) electrons. The van der Waals surface area contributed by atoms with Crippen molar-refractivity contribution in [1.82, 2.24) is 5.32 Å². The molecule has 0 fully saturated rings. The van der Waals surface area contributed by atoms with Crippen molar-refractivity contribution in [3.8, 4) is 11.1 Å². The maximum Gasteiger partial charge on any atom is 0.408 e. The fraction of sp³-hybridized carbons (Fsp3) is 0.391. The van der Waals surface area contributed by atoms with Gasteiger partial charge in [0.25, 0.3) is 0 Å². The van der Waals surface area contributed by atoms with Crippen LogP contribution in [0.5, 0.6) is 0 Å². The van der Waals surface area contributed by atoms with Crippen molar-refractivity contribution in [1.29, 1.82) is 0 Å². The van der Waals surface area contributed by atoms with Gasteiger partial charge in [-0.25, -0.2) is 9.59 Å². The number of aliphatic carboxylic acids is 1. The Bertz CT molecular complexity index is 810. The quantitative estimate of drug-likeness (QED) is 0.678. The van der Waals surface area contributed by atoms with E-state index in [0.717, 1.165) is 22.3 Å². The Labute approximate surface area is 165 Å². The summed E-state index contributed by atoms with van der Waals surface area (Å²) in [5, 5.41) is 12.3. The van der Waals surface area contributed by atoms with Crippen molar-refractivity contribution in [2.75, 3.05) is 6.61 Å². The fourth-order valence-electron chi connectivity index (χ4n) is 4.20. The van der Waals surface area contributed by atoms with Crippen molar-refractivity contribution in [3.63, 3.8) is 0 Å². The van der Waals surface area contributed by atoms with Crippen LogP contribution in [0.1, 0.15) is 56.6 Å². The number of nitrogens with one attached hydrogen (secondary N) is 1. The highest BCUT2D eigenvalue weighted by Gasteiger charge is 2.39. The van der Waals surface area contributed by atoms with Crippen LogP contribution in [0.25, 0.3) is 11.1 Å². The second-order valence-electron chi connectivity index (χ2n) is 7.34. The summed E-state index contributed by atoms with van der Waals surface area (Å²) < 4.78 is 5.52. The number of carboxylic acid groups (broad SMARTS) is 1. The molecule has 0 atom stereocenters. The van der Waals surface area contributed by atoms with Crippen LogP contribution < -0.4 is 5.32 Å². The third-order valence-electron chi connectivity index (χ3n) is 5.45. The zero-order chi connectivity index (χ0) is 20.1. The summed E-state index contributed by atoms with van der Waals surface area (Å²) in [5.41, 5.74) is 3.30. The highest BCUT2D eigenvalue weighted by molar-refractivity contribution is 5.84. The van der Waals surface area contributed by atoms with Crippen LogP contribution in [-0.2, 0) is 9.53 Å². The van der Waals surface area contributed by atoms with E-state index in [1.54, 1.807) is 0 Å². The van der Waals surface area contributed by atoms with Gasteiger partial charge in [0.05, 0.1) is 0 Å². The average molecular weight is 381 g/mol. The van der Waals surface area contributed by atoms with Crippen LogP contribution in [-0.4, -0.2) is 29.3 Å². The van der Waals surface area contributed by atoms with Gasteiger partial charge in [-0.15, -0.1) is 0 Å². The normalized spacial score (nSPS) is 12.9. The van der Waals surface area contributed by atoms with Crippen LogP contribution in [0.3, 0.4) is 0 Å². The van der Waals surface area contributed by atoms with E-state index in [2.05, 4.69) is 29.6 Å². The topological polar surface area (TPSA) is 75.6 Å². The number of hydrogen-bond acceptors (Lipinski definition) is 3. The van der Waals surface area contributed by atoms with E-state index < -0.39 is 17.6 Å². The number of rotatable bonds is 8. The second-order valence-corrected chi connectivity index (χ2v) is 7.34. The molecule has 2 aromatic rings. The van der Waals surface area contributed by atoms with Crippen molar-refractivity contribution in [2.45, 2.75) is 51.0 Å². The lowest BCUT2D eigenvalue weighted by Crippen LogP contribution is -2.54. The molecule has 0 aliphatic heterocycles. The second kappa shape index (κ2) is 8.46. The van der Waals surface area contributed by atoms with Gasteiger partial charge >= 0.3 is 12.1 Å². The molecular formula is C23H27NO4. The molecule has 1 aliphatic carbocycles. The van der Waals surface area contributed by atoms with Crippen molar-refractivity contribution >= 4 is 12.1 Å². The summed E-state index contributed by atoms with van der Waals surface area (Å²) in [6.45, 7) is 3.99. The number of ether oxygens (including phenoxy) is 1. The third-order valence-corrected chi connectivity index (χ3v) is 5.45. The summed E-state index contributed by atoms with van der Waals surface area (Å²) >= 11 is 0. The minimum absolute atomic E-state index is 0.0465. The summed E-state index contributed by atoms with van der Waals surface area (Å²) in [4.78, 5) is 24.4. The van der Waals surface area contributed by atoms with E-state index >= 15 is 0 Å². The maximum atomic E-state index is 12.5. The van der Waals surface area contributed by atoms with Crippen LogP contribution >= 0.6 is 0 Å². The molecule has 0 bridgehead atoms. The number of carboxylic acids is 1. The Hall–Kier alpha value is -2.82. The standard InChI is InChI=1S/C23H27NO4/c1-3-13-23(14-4-2,21(25)26)24-22(27)28-15-20-18-11-7-5-9-16(18)17-10-6-8-12-19(17)20/h5-12,20H,3-4,13-15H2,1-2H3,(H,24,27)(H,25,26).